The molecule has 1 saturated heterocycles. The Morgan fingerprint density at radius 3 is 2.65 bits per heavy atom. The minimum atomic E-state index is -0.203. The fourth-order valence-electron chi connectivity index (χ4n) is 3.55. The van der Waals surface area contributed by atoms with E-state index in [4.69, 9.17) is 0 Å². The third kappa shape index (κ3) is 4.90. The van der Waals surface area contributed by atoms with Crippen molar-refractivity contribution in [3.05, 3.63) is 53.1 Å². The predicted molar refractivity (Wildman–Crippen MR) is 100 cm³/mol. The first kappa shape index (κ1) is 19.0. The highest BCUT2D eigenvalue weighted by atomic mass is 19.1. The van der Waals surface area contributed by atoms with Gasteiger partial charge in [-0.1, -0.05) is 26.0 Å². The number of aromatic nitrogens is 2. The summed E-state index contributed by atoms with van der Waals surface area (Å²) in [5, 5.41) is 17.0. The SMILES string of the molecule is CC(C)c1cc(CN2CCN(Cc3ccc(F)cc3)C(CCO)C2)[nH]n1. The Kier molecular flexibility index (Phi) is 6.40. The Bertz CT molecular complexity index is 685. The van der Waals surface area contributed by atoms with Crippen molar-refractivity contribution in [2.24, 2.45) is 0 Å². The van der Waals surface area contributed by atoms with Crippen LogP contribution in [0, 0.1) is 5.82 Å². The van der Waals surface area contributed by atoms with Gasteiger partial charge >= 0.3 is 0 Å². The summed E-state index contributed by atoms with van der Waals surface area (Å²) in [4.78, 5) is 4.81. The van der Waals surface area contributed by atoms with Gasteiger partial charge in [-0.05, 0) is 36.1 Å². The number of nitrogens with zero attached hydrogens (tertiary/aromatic N) is 3. The second kappa shape index (κ2) is 8.75. The van der Waals surface area contributed by atoms with Gasteiger partial charge in [-0.2, -0.15) is 5.10 Å². The Labute approximate surface area is 154 Å². The van der Waals surface area contributed by atoms with Gasteiger partial charge in [-0.15, -0.1) is 0 Å². The lowest BCUT2D eigenvalue weighted by molar-refractivity contribution is 0.0494. The lowest BCUT2D eigenvalue weighted by Crippen LogP contribution is -2.52. The molecule has 2 heterocycles. The fraction of sp³-hybridized carbons (Fsp3) is 0.550. The number of rotatable bonds is 7. The highest BCUT2D eigenvalue weighted by Gasteiger charge is 2.27. The van der Waals surface area contributed by atoms with Crippen LogP contribution in [0.5, 0.6) is 0 Å². The van der Waals surface area contributed by atoms with E-state index in [9.17, 15) is 9.50 Å². The van der Waals surface area contributed by atoms with Crippen LogP contribution in [0.2, 0.25) is 0 Å². The molecule has 0 spiro atoms. The molecule has 0 amide bonds. The molecule has 2 N–H and O–H groups in total. The molecule has 1 fully saturated rings. The molecule has 1 aliphatic rings. The molecule has 0 bridgehead atoms. The summed E-state index contributed by atoms with van der Waals surface area (Å²) in [6.45, 7) is 8.94. The molecular weight excluding hydrogens is 331 g/mol. The summed E-state index contributed by atoms with van der Waals surface area (Å²) in [5.74, 6) is 0.223. The van der Waals surface area contributed by atoms with Crippen molar-refractivity contribution >= 4 is 0 Å². The monoisotopic (exact) mass is 360 g/mol. The van der Waals surface area contributed by atoms with Crippen molar-refractivity contribution in [1.82, 2.24) is 20.0 Å². The summed E-state index contributed by atoms with van der Waals surface area (Å²) in [5.41, 5.74) is 3.35. The van der Waals surface area contributed by atoms with E-state index in [1.165, 1.54) is 12.1 Å². The lowest BCUT2D eigenvalue weighted by atomic mass is 10.1. The van der Waals surface area contributed by atoms with Crippen LogP contribution in [0.4, 0.5) is 4.39 Å². The molecule has 1 aliphatic heterocycles. The van der Waals surface area contributed by atoms with Crippen LogP contribution in [-0.4, -0.2) is 57.4 Å². The lowest BCUT2D eigenvalue weighted by Gasteiger charge is -2.41. The molecule has 1 aromatic carbocycles. The van der Waals surface area contributed by atoms with E-state index in [-0.39, 0.29) is 12.4 Å². The summed E-state index contributed by atoms with van der Waals surface area (Å²) < 4.78 is 13.1. The van der Waals surface area contributed by atoms with Crippen LogP contribution >= 0.6 is 0 Å². The summed E-state index contributed by atoms with van der Waals surface area (Å²) in [6, 6.07) is 9.16. The van der Waals surface area contributed by atoms with Gasteiger partial charge in [0.1, 0.15) is 5.82 Å². The fourth-order valence-corrected chi connectivity index (χ4v) is 3.55. The predicted octanol–water partition coefficient (Wildman–Crippen LogP) is 2.74. The molecule has 142 valence electrons. The largest absolute Gasteiger partial charge is 0.396 e. The maximum atomic E-state index is 13.1. The first-order chi connectivity index (χ1) is 12.5. The number of aromatic amines is 1. The molecule has 0 saturated carbocycles. The highest BCUT2D eigenvalue weighted by Crippen LogP contribution is 2.19. The second-order valence-electron chi connectivity index (χ2n) is 7.47. The van der Waals surface area contributed by atoms with Gasteiger partial charge < -0.3 is 5.11 Å². The van der Waals surface area contributed by atoms with Crippen LogP contribution in [0.3, 0.4) is 0 Å². The number of halogens is 1. The first-order valence-corrected chi connectivity index (χ1v) is 9.41. The van der Waals surface area contributed by atoms with Gasteiger partial charge in [0.25, 0.3) is 0 Å². The third-order valence-electron chi connectivity index (χ3n) is 5.09. The van der Waals surface area contributed by atoms with E-state index in [1.807, 2.05) is 12.1 Å². The van der Waals surface area contributed by atoms with E-state index in [0.29, 0.717) is 12.0 Å². The molecule has 26 heavy (non-hydrogen) atoms. The quantitative estimate of drug-likeness (QED) is 0.797. The van der Waals surface area contributed by atoms with E-state index >= 15 is 0 Å². The smallest absolute Gasteiger partial charge is 0.123 e. The maximum absolute atomic E-state index is 13.1. The molecule has 1 atom stereocenters. The molecular formula is C20H29FN4O. The minimum Gasteiger partial charge on any atom is -0.396 e. The number of benzene rings is 1. The molecule has 0 radical (unpaired) electrons. The van der Waals surface area contributed by atoms with Crippen molar-refractivity contribution in [3.8, 4) is 0 Å². The van der Waals surface area contributed by atoms with Gasteiger partial charge in [-0.3, -0.25) is 14.9 Å². The highest BCUT2D eigenvalue weighted by molar-refractivity contribution is 5.16. The molecule has 1 unspecified atom stereocenters. The average molecular weight is 360 g/mol. The van der Waals surface area contributed by atoms with Gasteiger partial charge in [-0.25, -0.2) is 4.39 Å². The average Bonchev–Trinajstić information content (AvgIpc) is 3.08. The van der Waals surface area contributed by atoms with E-state index in [2.05, 4.69) is 39.9 Å². The van der Waals surface area contributed by atoms with Crippen LogP contribution in [-0.2, 0) is 13.1 Å². The van der Waals surface area contributed by atoms with Gasteiger partial charge in [0.2, 0.25) is 0 Å². The van der Waals surface area contributed by atoms with E-state index < -0.39 is 0 Å². The number of aliphatic hydroxyl groups excluding tert-OH is 1. The van der Waals surface area contributed by atoms with Crippen molar-refractivity contribution in [2.45, 2.75) is 45.3 Å². The Hall–Kier alpha value is -1.76. The van der Waals surface area contributed by atoms with Crippen molar-refractivity contribution in [2.75, 3.05) is 26.2 Å². The third-order valence-corrected chi connectivity index (χ3v) is 5.09. The van der Waals surface area contributed by atoms with Crippen LogP contribution in [0.15, 0.2) is 30.3 Å². The summed E-state index contributed by atoms with van der Waals surface area (Å²) >= 11 is 0. The summed E-state index contributed by atoms with van der Waals surface area (Å²) in [7, 11) is 0. The number of nitrogens with one attached hydrogen (secondary N) is 1. The zero-order valence-corrected chi connectivity index (χ0v) is 15.7. The molecule has 2 aromatic rings. The zero-order valence-electron chi connectivity index (χ0n) is 15.7. The number of hydrogen-bond donors (Lipinski definition) is 2. The molecule has 6 heteroatoms. The number of aliphatic hydroxyl groups is 1. The zero-order chi connectivity index (χ0) is 18.5. The molecule has 0 aliphatic carbocycles. The second-order valence-corrected chi connectivity index (χ2v) is 7.47. The van der Waals surface area contributed by atoms with Gasteiger partial charge in [0.05, 0.1) is 5.69 Å². The normalized spacial score (nSPS) is 19.3. The van der Waals surface area contributed by atoms with Gasteiger partial charge in [0.15, 0.2) is 0 Å². The van der Waals surface area contributed by atoms with Crippen LogP contribution in [0.25, 0.3) is 0 Å². The van der Waals surface area contributed by atoms with Crippen molar-refractivity contribution in [1.29, 1.82) is 0 Å². The van der Waals surface area contributed by atoms with E-state index in [1.54, 1.807) is 0 Å². The first-order valence-electron chi connectivity index (χ1n) is 9.41. The van der Waals surface area contributed by atoms with Crippen molar-refractivity contribution in [3.63, 3.8) is 0 Å². The Morgan fingerprint density at radius 1 is 1.23 bits per heavy atom. The van der Waals surface area contributed by atoms with Crippen molar-refractivity contribution < 1.29 is 9.50 Å². The van der Waals surface area contributed by atoms with Crippen LogP contribution in [0.1, 0.15) is 43.1 Å². The molecule has 3 rings (SSSR count). The Balaban J connectivity index is 1.60. The molecule has 5 nitrogen and oxygen atoms in total. The number of piperazine rings is 1. The minimum absolute atomic E-state index is 0.181. The standard InChI is InChI=1S/C20H29FN4O/c1-15(2)20-11-18(22-23-20)13-24-8-9-25(19(14-24)7-10-26)12-16-3-5-17(21)6-4-16/h3-6,11,15,19,26H,7-10,12-14H2,1-2H3,(H,22,23). The summed E-state index contributed by atoms with van der Waals surface area (Å²) in [6.07, 6.45) is 0.748. The number of hydrogen-bond acceptors (Lipinski definition) is 4. The van der Waals surface area contributed by atoms with Gasteiger partial charge in [0, 0.05) is 51.1 Å². The van der Waals surface area contributed by atoms with E-state index in [0.717, 1.165) is 56.1 Å². The number of H-pyrrole nitrogens is 1. The molecule has 1 aromatic heterocycles. The Morgan fingerprint density at radius 2 is 2.00 bits per heavy atom. The maximum Gasteiger partial charge on any atom is 0.123 e. The topological polar surface area (TPSA) is 55.4 Å². The van der Waals surface area contributed by atoms with Crippen LogP contribution < -0.4 is 0 Å².